The Bertz CT molecular complexity index is 1360. The van der Waals surface area contributed by atoms with Crippen molar-refractivity contribution in [2.24, 2.45) is 5.92 Å². The van der Waals surface area contributed by atoms with Crippen LogP contribution in [0.1, 0.15) is 31.5 Å². The molecule has 2 saturated heterocycles. The molecule has 1 aromatic carbocycles. The molecule has 3 aromatic rings. The molecule has 12 heteroatoms. The number of aromatic nitrogens is 4. The number of rotatable bonds is 9. The molecule has 39 heavy (non-hydrogen) atoms. The van der Waals surface area contributed by atoms with Crippen LogP contribution >= 0.6 is 0 Å². The van der Waals surface area contributed by atoms with Gasteiger partial charge in [-0.05, 0) is 34.7 Å². The van der Waals surface area contributed by atoms with Crippen molar-refractivity contribution in [3.05, 3.63) is 66.2 Å². The normalized spacial score (nSPS) is 20.5. The molecule has 2 aliphatic heterocycles. The Morgan fingerprint density at radius 1 is 1.00 bits per heavy atom. The Morgan fingerprint density at radius 2 is 1.69 bits per heavy atom. The molecule has 1 atom stereocenters. The Balaban J connectivity index is 1.30. The van der Waals surface area contributed by atoms with Crippen LogP contribution in [0.15, 0.2) is 55.0 Å². The van der Waals surface area contributed by atoms with Crippen molar-refractivity contribution >= 4 is 15.9 Å². The zero-order valence-electron chi connectivity index (χ0n) is 22.2. The standard InChI is InChI=1S/C27H34N6O5S/c1-20(2)26-27(34)31(18-24-19-32(30-29-24)12-9-25-37-14-15-38-25)13-16-39(35,36)33(26)17-21-3-5-22(6-4-21)23-7-10-28-11-8-23/h3-8,10-11,19-20,25-26H,9,12-18H2,1-2H3. The van der Waals surface area contributed by atoms with Crippen LogP contribution in [0.3, 0.4) is 0 Å². The first kappa shape index (κ1) is 27.4. The van der Waals surface area contributed by atoms with Crippen molar-refractivity contribution in [3.8, 4) is 11.1 Å². The van der Waals surface area contributed by atoms with E-state index >= 15 is 0 Å². The maximum Gasteiger partial charge on any atom is 0.241 e. The summed E-state index contributed by atoms with van der Waals surface area (Å²) in [6, 6.07) is 10.8. The smallest absolute Gasteiger partial charge is 0.241 e. The molecule has 0 radical (unpaired) electrons. The Labute approximate surface area is 228 Å². The number of carbonyl (C=O) groups is 1. The van der Waals surface area contributed by atoms with E-state index in [4.69, 9.17) is 9.47 Å². The van der Waals surface area contributed by atoms with Crippen molar-refractivity contribution in [3.63, 3.8) is 0 Å². The van der Waals surface area contributed by atoms with E-state index in [1.165, 1.54) is 4.31 Å². The van der Waals surface area contributed by atoms with E-state index in [1.54, 1.807) is 28.2 Å². The van der Waals surface area contributed by atoms with Gasteiger partial charge < -0.3 is 14.4 Å². The highest BCUT2D eigenvalue weighted by molar-refractivity contribution is 7.89. The average Bonchev–Trinajstić information content (AvgIpc) is 3.60. The van der Waals surface area contributed by atoms with Gasteiger partial charge in [0.05, 0.1) is 31.7 Å². The molecule has 0 bridgehead atoms. The molecule has 5 rings (SSSR count). The molecular formula is C27H34N6O5S. The Kier molecular flexibility index (Phi) is 8.36. The Hall–Kier alpha value is -3.19. The lowest BCUT2D eigenvalue weighted by atomic mass is 10.0. The van der Waals surface area contributed by atoms with Crippen LogP contribution in [-0.4, -0.2) is 81.4 Å². The number of hydrogen-bond acceptors (Lipinski definition) is 8. The van der Waals surface area contributed by atoms with Crippen LogP contribution < -0.4 is 0 Å². The zero-order valence-corrected chi connectivity index (χ0v) is 23.0. The van der Waals surface area contributed by atoms with Gasteiger partial charge in [-0.1, -0.05) is 43.3 Å². The van der Waals surface area contributed by atoms with Crippen molar-refractivity contribution in [2.75, 3.05) is 25.5 Å². The average molecular weight is 555 g/mol. The zero-order chi connectivity index (χ0) is 27.4. The molecule has 0 aliphatic carbocycles. The maximum atomic E-state index is 13.8. The number of hydrogen-bond donors (Lipinski definition) is 0. The molecule has 4 heterocycles. The van der Waals surface area contributed by atoms with E-state index in [-0.39, 0.29) is 43.5 Å². The maximum absolute atomic E-state index is 13.8. The van der Waals surface area contributed by atoms with E-state index in [1.807, 2.05) is 50.2 Å². The summed E-state index contributed by atoms with van der Waals surface area (Å²) >= 11 is 0. The molecule has 208 valence electrons. The third-order valence-corrected chi connectivity index (χ3v) is 8.78. The third-order valence-electron chi connectivity index (χ3n) is 7.01. The summed E-state index contributed by atoms with van der Waals surface area (Å²) in [7, 11) is -3.69. The van der Waals surface area contributed by atoms with Crippen LogP contribution in [0.2, 0.25) is 0 Å². The fourth-order valence-corrected chi connectivity index (χ4v) is 6.67. The number of ether oxygens (including phenoxy) is 2. The molecule has 11 nitrogen and oxygen atoms in total. The van der Waals surface area contributed by atoms with Crippen molar-refractivity contribution in [1.82, 2.24) is 29.2 Å². The minimum atomic E-state index is -3.69. The van der Waals surface area contributed by atoms with E-state index in [0.29, 0.717) is 31.9 Å². The largest absolute Gasteiger partial charge is 0.350 e. The number of sulfonamides is 1. The van der Waals surface area contributed by atoms with E-state index in [9.17, 15) is 13.2 Å². The molecule has 1 unspecified atom stereocenters. The van der Waals surface area contributed by atoms with Crippen LogP contribution in [0.4, 0.5) is 0 Å². The number of aryl methyl sites for hydroxylation is 1. The lowest BCUT2D eigenvalue weighted by molar-refractivity contribution is -0.136. The molecule has 1 amide bonds. The molecule has 0 saturated carbocycles. The van der Waals surface area contributed by atoms with Gasteiger partial charge in [-0.25, -0.2) is 8.42 Å². The molecule has 0 N–H and O–H groups in total. The van der Waals surface area contributed by atoms with Gasteiger partial charge in [0.1, 0.15) is 11.7 Å². The van der Waals surface area contributed by atoms with Crippen LogP contribution in [-0.2, 0) is 43.9 Å². The minimum Gasteiger partial charge on any atom is -0.350 e. The molecular weight excluding hydrogens is 520 g/mol. The number of nitrogens with zero attached hydrogens (tertiary/aromatic N) is 6. The number of carbonyl (C=O) groups excluding carboxylic acids is 1. The Morgan fingerprint density at radius 3 is 2.38 bits per heavy atom. The first-order chi connectivity index (χ1) is 18.8. The number of amides is 1. The topological polar surface area (TPSA) is 120 Å². The highest BCUT2D eigenvalue weighted by Crippen LogP contribution is 2.26. The predicted molar refractivity (Wildman–Crippen MR) is 143 cm³/mol. The summed E-state index contributed by atoms with van der Waals surface area (Å²) in [4.78, 5) is 19.4. The molecule has 0 spiro atoms. The highest BCUT2D eigenvalue weighted by Gasteiger charge is 2.42. The molecule has 2 aromatic heterocycles. The second-order valence-corrected chi connectivity index (χ2v) is 12.2. The third kappa shape index (κ3) is 6.52. The quantitative estimate of drug-likeness (QED) is 0.395. The first-order valence-electron chi connectivity index (χ1n) is 13.2. The van der Waals surface area contributed by atoms with Crippen LogP contribution in [0.25, 0.3) is 11.1 Å². The van der Waals surface area contributed by atoms with Crippen molar-refractivity contribution in [2.45, 2.75) is 52.2 Å². The van der Waals surface area contributed by atoms with Gasteiger partial charge in [0, 0.05) is 38.4 Å². The van der Waals surface area contributed by atoms with Crippen LogP contribution in [0.5, 0.6) is 0 Å². The minimum absolute atomic E-state index is 0.0957. The van der Waals surface area contributed by atoms with Crippen molar-refractivity contribution < 1.29 is 22.7 Å². The van der Waals surface area contributed by atoms with Gasteiger partial charge in [-0.15, -0.1) is 5.10 Å². The summed E-state index contributed by atoms with van der Waals surface area (Å²) in [5.74, 6) is -0.588. The van der Waals surface area contributed by atoms with Gasteiger partial charge in [0.15, 0.2) is 6.29 Å². The van der Waals surface area contributed by atoms with Gasteiger partial charge in [-0.3, -0.25) is 14.5 Å². The SMILES string of the molecule is CC(C)C1C(=O)N(Cc2cn(CCC3OCCO3)nn2)CCS(=O)(=O)N1Cc1ccc(-c2ccncc2)cc1. The monoisotopic (exact) mass is 554 g/mol. The van der Waals surface area contributed by atoms with Gasteiger partial charge in [-0.2, -0.15) is 4.31 Å². The van der Waals surface area contributed by atoms with Gasteiger partial charge >= 0.3 is 0 Å². The highest BCUT2D eigenvalue weighted by atomic mass is 32.2. The summed E-state index contributed by atoms with van der Waals surface area (Å²) in [5, 5.41) is 8.38. The second-order valence-electron chi connectivity index (χ2n) is 10.2. The predicted octanol–water partition coefficient (Wildman–Crippen LogP) is 2.30. The van der Waals surface area contributed by atoms with E-state index in [2.05, 4.69) is 15.3 Å². The number of benzene rings is 1. The van der Waals surface area contributed by atoms with E-state index < -0.39 is 16.1 Å². The number of pyridine rings is 1. The molecule has 2 aliphatic rings. The van der Waals surface area contributed by atoms with Crippen molar-refractivity contribution in [1.29, 1.82) is 0 Å². The second kappa shape index (κ2) is 11.9. The van der Waals surface area contributed by atoms with Crippen LogP contribution in [0, 0.1) is 5.92 Å². The molecule has 2 fully saturated rings. The van der Waals surface area contributed by atoms with E-state index in [0.717, 1.165) is 16.7 Å². The van der Waals surface area contributed by atoms with Gasteiger partial charge in [0.25, 0.3) is 0 Å². The summed E-state index contributed by atoms with van der Waals surface area (Å²) in [6.45, 7) is 5.94. The summed E-state index contributed by atoms with van der Waals surface area (Å²) in [6.07, 6.45) is 5.67. The summed E-state index contributed by atoms with van der Waals surface area (Å²) in [5.41, 5.74) is 3.47. The lowest BCUT2D eigenvalue weighted by Gasteiger charge is -2.32. The fourth-order valence-electron chi connectivity index (χ4n) is 4.96. The first-order valence-corrected chi connectivity index (χ1v) is 14.8. The van der Waals surface area contributed by atoms with Gasteiger partial charge in [0.2, 0.25) is 15.9 Å². The fraction of sp³-hybridized carbons (Fsp3) is 0.481. The lowest BCUT2D eigenvalue weighted by Crippen LogP contribution is -2.49. The summed E-state index contributed by atoms with van der Waals surface area (Å²) < 4.78 is 40.9.